The first-order chi connectivity index (χ1) is 4.81. The van der Waals surface area contributed by atoms with Crippen LogP contribution in [0.25, 0.3) is 0 Å². The van der Waals surface area contributed by atoms with Gasteiger partial charge in [0.1, 0.15) is 0 Å². The third kappa shape index (κ3) is 5.86. The lowest BCUT2D eigenvalue weighted by molar-refractivity contribution is 1.20. The Morgan fingerprint density at radius 3 is 2.20 bits per heavy atom. The SMILES string of the molecule is Cc1ccccn1.ClCCl. The van der Waals surface area contributed by atoms with Gasteiger partial charge >= 0.3 is 0 Å². The molecule has 56 valence electrons. The van der Waals surface area contributed by atoms with Crippen LogP contribution in [0.4, 0.5) is 0 Å². The van der Waals surface area contributed by atoms with Crippen molar-refractivity contribution in [2.24, 2.45) is 0 Å². The molecule has 1 heterocycles. The van der Waals surface area contributed by atoms with E-state index in [-0.39, 0.29) is 5.34 Å². The molecule has 0 atom stereocenters. The molecule has 1 aromatic rings. The van der Waals surface area contributed by atoms with Crippen LogP contribution in [-0.2, 0) is 0 Å². The first-order valence-electron chi connectivity index (χ1n) is 2.81. The molecule has 0 fully saturated rings. The number of pyridine rings is 1. The van der Waals surface area contributed by atoms with Gasteiger partial charge in [-0.15, -0.1) is 23.2 Å². The van der Waals surface area contributed by atoms with Crippen molar-refractivity contribution in [3.05, 3.63) is 30.1 Å². The van der Waals surface area contributed by atoms with Gasteiger partial charge in [-0.3, -0.25) is 4.98 Å². The summed E-state index contributed by atoms with van der Waals surface area (Å²) < 4.78 is 0. The average molecular weight is 178 g/mol. The maximum atomic E-state index is 4.76. The molecule has 3 heteroatoms. The van der Waals surface area contributed by atoms with Crippen LogP contribution in [-0.4, -0.2) is 10.3 Å². The van der Waals surface area contributed by atoms with Crippen molar-refractivity contribution in [3.63, 3.8) is 0 Å². The predicted molar refractivity (Wildman–Crippen MR) is 45.5 cm³/mol. The summed E-state index contributed by atoms with van der Waals surface area (Å²) in [6.45, 7) is 1.97. The fourth-order valence-electron chi connectivity index (χ4n) is 0.448. The molecule has 0 aliphatic carbocycles. The minimum atomic E-state index is 0.194. The normalized spacial score (nSPS) is 7.90. The van der Waals surface area contributed by atoms with Gasteiger partial charge in [-0.2, -0.15) is 0 Å². The summed E-state index contributed by atoms with van der Waals surface area (Å²) in [6.07, 6.45) is 1.79. The van der Waals surface area contributed by atoms with Crippen molar-refractivity contribution in [1.29, 1.82) is 0 Å². The fourth-order valence-corrected chi connectivity index (χ4v) is 0.448. The molecule has 1 nitrogen and oxygen atoms in total. The number of hydrogen-bond acceptors (Lipinski definition) is 1. The lowest BCUT2D eigenvalue weighted by atomic mass is 10.4. The third-order valence-electron chi connectivity index (χ3n) is 0.813. The van der Waals surface area contributed by atoms with Crippen molar-refractivity contribution in [1.82, 2.24) is 4.98 Å². The highest BCUT2D eigenvalue weighted by Gasteiger charge is 1.73. The van der Waals surface area contributed by atoms with Gasteiger partial charge in [0, 0.05) is 11.9 Å². The van der Waals surface area contributed by atoms with Crippen LogP contribution < -0.4 is 0 Å². The number of nitrogens with zero attached hydrogens (tertiary/aromatic N) is 1. The average Bonchev–Trinajstić information content (AvgIpc) is 1.91. The van der Waals surface area contributed by atoms with Gasteiger partial charge in [0.05, 0.1) is 5.34 Å². The second kappa shape index (κ2) is 6.84. The summed E-state index contributed by atoms with van der Waals surface area (Å²) in [5, 5.41) is 0.194. The zero-order valence-electron chi connectivity index (χ0n) is 5.72. The van der Waals surface area contributed by atoms with E-state index in [0.717, 1.165) is 5.69 Å². The zero-order valence-corrected chi connectivity index (χ0v) is 7.23. The molecule has 0 N–H and O–H groups in total. The number of rotatable bonds is 0. The molecule has 0 aliphatic heterocycles. The van der Waals surface area contributed by atoms with Gasteiger partial charge in [-0.1, -0.05) is 6.07 Å². The van der Waals surface area contributed by atoms with Gasteiger partial charge in [-0.25, -0.2) is 0 Å². The van der Waals surface area contributed by atoms with E-state index >= 15 is 0 Å². The predicted octanol–water partition coefficient (Wildman–Crippen LogP) is 2.81. The summed E-state index contributed by atoms with van der Waals surface area (Å²) in [5.74, 6) is 0. The minimum Gasteiger partial charge on any atom is -0.262 e. The van der Waals surface area contributed by atoms with Crippen molar-refractivity contribution in [3.8, 4) is 0 Å². The molecular weight excluding hydrogens is 169 g/mol. The highest BCUT2D eigenvalue weighted by molar-refractivity contribution is 6.40. The maximum absolute atomic E-state index is 4.76. The third-order valence-corrected chi connectivity index (χ3v) is 0.813. The lowest BCUT2D eigenvalue weighted by Crippen LogP contribution is -1.72. The van der Waals surface area contributed by atoms with Crippen LogP contribution in [0.5, 0.6) is 0 Å². The lowest BCUT2D eigenvalue weighted by Gasteiger charge is -1.82. The molecule has 0 aromatic carbocycles. The summed E-state index contributed by atoms with van der Waals surface area (Å²) in [4.78, 5) is 3.98. The molecule has 0 saturated heterocycles. The summed E-state index contributed by atoms with van der Waals surface area (Å²) >= 11 is 9.53. The van der Waals surface area contributed by atoms with Gasteiger partial charge < -0.3 is 0 Å². The van der Waals surface area contributed by atoms with E-state index in [0.29, 0.717) is 0 Å². The van der Waals surface area contributed by atoms with E-state index in [1.54, 1.807) is 6.20 Å². The molecule has 1 aromatic heterocycles. The molecule has 10 heavy (non-hydrogen) atoms. The first-order valence-corrected chi connectivity index (χ1v) is 3.87. The molecule has 0 spiro atoms. The molecule has 0 amide bonds. The van der Waals surface area contributed by atoms with Crippen molar-refractivity contribution in [2.75, 3.05) is 5.34 Å². The second-order valence-corrected chi connectivity index (χ2v) is 2.38. The Bertz CT molecular complexity index is 153. The highest BCUT2D eigenvalue weighted by Crippen LogP contribution is 1.85. The maximum Gasteiger partial charge on any atom is 0.0967 e. The monoisotopic (exact) mass is 177 g/mol. The zero-order chi connectivity index (χ0) is 7.82. The highest BCUT2D eigenvalue weighted by atomic mass is 35.5. The minimum absolute atomic E-state index is 0.194. The fraction of sp³-hybridized carbons (Fsp3) is 0.286. The molecule has 1 rings (SSSR count). The van der Waals surface area contributed by atoms with Crippen molar-refractivity contribution in [2.45, 2.75) is 6.92 Å². The van der Waals surface area contributed by atoms with E-state index < -0.39 is 0 Å². The Morgan fingerprint density at radius 1 is 1.40 bits per heavy atom. The number of alkyl halides is 2. The van der Waals surface area contributed by atoms with Crippen LogP contribution in [0.1, 0.15) is 5.69 Å². The van der Waals surface area contributed by atoms with Gasteiger partial charge in [0.25, 0.3) is 0 Å². The molecule has 0 aliphatic rings. The molecule has 0 unspecified atom stereocenters. The number of halogens is 2. The number of aryl methyl sites for hydroxylation is 1. The van der Waals surface area contributed by atoms with Crippen LogP contribution in [0, 0.1) is 6.92 Å². The Balaban J connectivity index is 0.000000236. The molecule has 0 radical (unpaired) electrons. The Morgan fingerprint density at radius 2 is 2.00 bits per heavy atom. The smallest absolute Gasteiger partial charge is 0.0967 e. The largest absolute Gasteiger partial charge is 0.262 e. The van der Waals surface area contributed by atoms with Crippen LogP contribution in [0.2, 0.25) is 0 Å². The molecular formula is C7H9Cl2N. The van der Waals surface area contributed by atoms with E-state index in [1.807, 2.05) is 25.1 Å². The van der Waals surface area contributed by atoms with E-state index in [1.165, 1.54) is 0 Å². The van der Waals surface area contributed by atoms with E-state index in [4.69, 9.17) is 23.2 Å². The standard InChI is InChI=1S/C6H7N.CH2Cl2/c1-6-4-2-3-5-7-6;2-1-3/h2-5H,1H3;1H2. The summed E-state index contributed by atoms with van der Waals surface area (Å²) in [5.41, 5.74) is 1.07. The Hall–Kier alpha value is -0.270. The number of aromatic nitrogens is 1. The van der Waals surface area contributed by atoms with Crippen LogP contribution in [0.3, 0.4) is 0 Å². The van der Waals surface area contributed by atoms with Crippen LogP contribution in [0.15, 0.2) is 24.4 Å². The van der Waals surface area contributed by atoms with Crippen molar-refractivity contribution < 1.29 is 0 Å². The van der Waals surface area contributed by atoms with Gasteiger partial charge in [0.15, 0.2) is 0 Å². The van der Waals surface area contributed by atoms with Crippen molar-refractivity contribution >= 4 is 23.2 Å². The quantitative estimate of drug-likeness (QED) is 0.556. The molecule has 0 bridgehead atoms. The summed E-state index contributed by atoms with van der Waals surface area (Å²) in [7, 11) is 0. The van der Waals surface area contributed by atoms with Crippen LogP contribution >= 0.6 is 23.2 Å². The summed E-state index contributed by atoms with van der Waals surface area (Å²) in [6, 6.07) is 5.86. The second-order valence-electron chi connectivity index (χ2n) is 1.57. The number of hydrogen-bond donors (Lipinski definition) is 0. The van der Waals surface area contributed by atoms with E-state index in [2.05, 4.69) is 4.98 Å². The van der Waals surface area contributed by atoms with Gasteiger partial charge in [-0.05, 0) is 19.1 Å². The molecule has 0 saturated carbocycles. The first kappa shape index (κ1) is 9.73. The topological polar surface area (TPSA) is 12.9 Å². The Kier molecular flexibility index (Phi) is 6.66. The van der Waals surface area contributed by atoms with E-state index in [9.17, 15) is 0 Å². The van der Waals surface area contributed by atoms with Gasteiger partial charge in [0.2, 0.25) is 0 Å². The Labute approximate surface area is 71.0 Å².